The molecule has 0 bridgehead atoms. The fraction of sp³-hybridized carbons (Fsp3) is 0.158. The van der Waals surface area contributed by atoms with Gasteiger partial charge in [-0.3, -0.25) is 4.79 Å². The maximum absolute atomic E-state index is 12.7. The van der Waals surface area contributed by atoms with Crippen molar-refractivity contribution in [3.8, 4) is 5.88 Å². The van der Waals surface area contributed by atoms with E-state index in [1.165, 1.54) is 0 Å². The number of fused-ring (bicyclic) bond motifs is 1. The number of para-hydroxylation sites is 1. The van der Waals surface area contributed by atoms with Crippen LogP contribution in [0, 0.1) is 0 Å². The first-order valence-corrected chi connectivity index (χ1v) is 7.93. The van der Waals surface area contributed by atoms with Gasteiger partial charge in [0.25, 0.3) is 5.91 Å². The number of carbonyl (C=O) groups is 2. The minimum atomic E-state index is -0.853. The zero-order valence-corrected chi connectivity index (χ0v) is 14.0. The molecule has 6 heteroatoms. The Morgan fingerprint density at radius 3 is 2.32 bits per heavy atom. The van der Waals surface area contributed by atoms with Crippen LogP contribution in [0.2, 0.25) is 0 Å². The van der Waals surface area contributed by atoms with Crippen LogP contribution in [0.15, 0.2) is 48.5 Å². The Bertz CT molecular complexity index is 956. The number of anilines is 1. The van der Waals surface area contributed by atoms with Gasteiger partial charge in [0.15, 0.2) is 0 Å². The van der Waals surface area contributed by atoms with Crippen molar-refractivity contribution >= 4 is 28.5 Å². The number of nitrogens with zero attached hydrogens (tertiary/aromatic N) is 1. The lowest BCUT2D eigenvalue weighted by atomic mass is 10.0. The summed E-state index contributed by atoms with van der Waals surface area (Å²) in [5.74, 6) is -0.585. The normalized spacial score (nSPS) is 11.0. The zero-order valence-electron chi connectivity index (χ0n) is 14.0. The first kappa shape index (κ1) is 16.6. The predicted octanol–water partition coefficient (Wildman–Crippen LogP) is 3.65. The quantitative estimate of drug-likeness (QED) is 0.680. The van der Waals surface area contributed by atoms with Crippen LogP contribution in [0.1, 0.15) is 35.7 Å². The predicted molar refractivity (Wildman–Crippen MR) is 97.1 cm³/mol. The van der Waals surface area contributed by atoms with Crippen molar-refractivity contribution in [3.63, 3.8) is 0 Å². The molecule has 0 spiro atoms. The summed E-state index contributed by atoms with van der Waals surface area (Å²) in [7, 11) is 0. The van der Waals surface area contributed by atoms with Crippen molar-refractivity contribution < 1.29 is 14.7 Å². The molecule has 3 rings (SSSR count). The Balaban J connectivity index is 2.00. The van der Waals surface area contributed by atoms with Crippen molar-refractivity contribution in [2.24, 2.45) is 5.73 Å². The molecular weight excluding hydrogens is 318 g/mol. The number of carbonyl (C=O) groups excluding carboxylic acids is 2. The molecule has 1 heterocycles. The molecule has 1 aromatic heterocycles. The number of aromatic hydroxyl groups is 1. The van der Waals surface area contributed by atoms with Crippen LogP contribution in [-0.4, -0.2) is 21.6 Å². The largest absolute Gasteiger partial charge is 0.494 e. The van der Waals surface area contributed by atoms with Crippen LogP contribution >= 0.6 is 0 Å². The lowest BCUT2D eigenvalue weighted by molar-refractivity contribution is 0.102. The van der Waals surface area contributed by atoms with Gasteiger partial charge < -0.3 is 16.2 Å². The van der Waals surface area contributed by atoms with Crippen LogP contribution in [-0.2, 0) is 0 Å². The summed E-state index contributed by atoms with van der Waals surface area (Å²) in [6, 6.07) is 13.3. The number of nitrogens with two attached hydrogens (primary N) is 1. The van der Waals surface area contributed by atoms with E-state index >= 15 is 0 Å². The number of aromatic nitrogens is 1. The molecule has 0 atom stereocenters. The molecule has 0 unspecified atom stereocenters. The molecule has 4 N–H and O–H groups in total. The first-order chi connectivity index (χ1) is 11.9. The molecule has 2 amide bonds. The number of amides is 2. The highest BCUT2D eigenvalue weighted by Crippen LogP contribution is 2.31. The van der Waals surface area contributed by atoms with Crippen molar-refractivity contribution in [2.45, 2.75) is 19.8 Å². The van der Waals surface area contributed by atoms with Gasteiger partial charge in [0, 0.05) is 11.1 Å². The fourth-order valence-corrected chi connectivity index (χ4v) is 2.82. The maximum Gasteiger partial charge on any atom is 0.326 e. The highest BCUT2D eigenvalue weighted by Gasteiger charge is 2.24. The summed E-state index contributed by atoms with van der Waals surface area (Å²) in [4.78, 5) is 24.3. The molecule has 6 nitrogen and oxygen atoms in total. The van der Waals surface area contributed by atoms with E-state index < -0.39 is 17.8 Å². The van der Waals surface area contributed by atoms with Gasteiger partial charge >= 0.3 is 6.03 Å². The monoisotopic (exact) mass is 337 g/mol. The Morgan fingerprint density at radius 2 is 1.72 bits per heavy atom. The standard InChI is InChI=1S/C19H19N3O3/c1-11(2)12-7-9-13(10-8-12)21-17(23)16-14-5-3-4-6-15(14)22(18(16)24)19(20)25/h3-11,24H,1-2H3,(H2,20,25)(H,21,23). The smallest absolute Gasteiger partial charge is 0.326 e. The van der Waals surface area contributed by atoms with Gasteiger partial charge in [-0.2, -0.15) is 0 Å². The van der Waals surface area contributed by atoms with Crippen LogP contribution < -0.4 is 11.1 Å². The number of rotatable bonds is 3. The van der Waals surface area contributed by atoms with Crippen LogP contribution in [0.4, 0.5) is 10.5 Å². The van der Waals surface area contributed by atoms with E-state index in [9.17, 15) is 14.7 Å². The van der Waals surface area contributed by atoms with E-state index in [0.717, 1.165) is 10.1 Å². The minimum Gasteiger partial charge on any atom is -0.494 e. The Labute approximate surface area is 144 Å². The third-order valence-electron chi connectivity index (χ3n) is 4.13. The van der Waals surface area contributed by atoms with Gasteiger partial charge in [-0.1, -0.05) is 44.2 Å². The third kappa shape index (κ3) is 2.94. The van der Waals surface area contributed by atoms with E-state index in [1.54, 1.807) is 36.4 Å². The summed E-state index contributed by atoms with van der Waals surface area (Å²) in [5, 5.41) is 13.5. The second kappa shape index (κ2) is 6.32. The van der Waals surface area contributed by atoms with Crippen LogP contribution in [0.25, 0.3) is 10.9 Å². The van der Waals surface area contributed by atoms with Gasteiger partial charge in [-0.05, 0) is 29.7 Å². The Kier molecular flexibility index (Phi) is 4.19. The summed E-state index contributed by atoms with van der Waals surface area (Å²) in [6.07, 6.45) is 0. The van der Waals surface area contributed by atoms with Crippen molar-refractivity contribution in [1.29, 1.82) is 0 Å². The number of primary amides is 1. The van der Waals surface area contributed by atoms with Gasteiger partial charge in [0.2, 0.25) is 5.88 Å². The van der Waals surface area contributed by atoms with E-state index in [1.807, 2.05) is 12.1 Å². The zero-order chi connectivity index (χ0) is 18.1. The van der Waals surface area contributed by atoms with Gasteiger partial charge in [-0.25, -0.2) is 9.36 Å². The topological polar surface area (TPSA) is 97.3 Å². The molecule has 0 saturated heterocycles. The molecular formula is C19H19N3O3. The van der Waals surface area contributed by atoms with Crippen molar-refractivity contribution in [3.05, 3.63) is 59.7 Å². The molecule has 0 saturated carbocycles. The summed E-state index contributed by atoms with van der Waals surface area (Å²) < 4.78 is 0.923. The SMILES string of the molecule is CC(C)c1ccc(NC(=O)c2c(O)n(C(N)=O)c3ccccc23)cc1. The highest BCUT2D eigenvalue weighted by molar-refractivity contribution is 6.16. The Morgan fingerprint density at radius 1 is 1.08 bits per heavy atom. The van der Waals surface area contributed by atoms with Crippen molar-refractivity contribution in [1.82, 2.24) is 4.57 Å². The maximum atomic E-state index is 12.7. The van der Waals surface area contributed by atoms with Crippen LogP contribution in [0.5, 0.6) is 5.88 Å². The molecule has 128 valence electrons. The lowest BCUT2D eigenvalue weighted by Crippen LogP contribution is -2.19. The number of nitrogens with one attached hydrogen (secondary N) is 1. The lowest BCUT2D eigenvalue weighted by Gasteiger charge is -2.08. The van der Waals surface area contributed by atoms with E-state index in [-0.39, 0.29) is 5.56 Å². The van der Waals surface area contributed by atoms with Crippen LogP contribution in [0.3, 0.4) is 0 Å². The highest BCUT2D eigenvalue weighted by atomic mass is 16.3. The number of hydrogen-bond donors (Lipinski definition) is 3. The van der Waals surface area contributed by atoms with Gasteiger partial charge in [0.05, 0.1) is 5.52 Å². The molecule has 0 aliphatic heterocycles. The fourth-order valence-electron chi connectivity index (χ4n) is 2.82. The molecule has 2 aromatic carbocycles. The summed E-state index contributed by atoms with van der Waals surface area (Å²) in [6.45, 7) is 4.18. The first-order valence-electron chi connectivity index (χ1n) is 7.93. The van der Waals surface area contributed by atoms with E-state index in [4.69, 9.17) is 5.73 Å². The average Bonchev–Trinajstić information content (AvgIpc) is 2.87. The van der Waals surface area contributed by atoms with Gasteiger partial charge in [0.1, 0.15) is 5.56 Å². The summed E-state index contributed by atoms with van der Waals surface area (Å²) >= 11 is 0. The average molecular weight is 337 g/mol. The molecule has 0 fully saturated rings. The molecule has 25 heavy (non-hydrogen) atoms. The minimum absolute atomic E-state index is 0.0161. The summed E-state index contributed by atoms with van der Waals surface area (Å²) in [5.41, 5.74) is 7.48. The van der Waals surface area contributed by atoms with E-state index in [2.05, 4.69) is 19.2 Å². The number of benzene rings is 2. The second-order valence-corrected chi connectivity index (χ2v) is 6.12. The van der Waals surface area contributed by atoms with E-state index in [0.29, 0.717) is 22.5 Å². The Hall–Kier alpha value is -3.28. The molecule has 0 aliphatic carbocycles. The molecule has 0 radical (unpaired) electrons. The third-order valence-corrected chi connectivity index (χ3v) is 4.13. The van der Waals surface area contributed by atoms with Crippen molar-refractivity contribution in [2.75, 3.05) is 5.32 Å². The second-order valence-electron chi connectivity index (χ2n) is 6.12. The molecule has 3 aromatic rings. The molecule has 0 aliphatic rings. The van der Waals surface area contributed by atoms with Gasteiger partial charge in [-0.15, -0.1) is 0 Å². The number of hydrogen-bond acceptors (Lipinski definition) is 3.